The number of carbonyl (C=O) groups excluding carboxylic acids is 1. The van der Waals surface area contributed by atoms with Gasteiger partial charge in [-0.05, 0) is 49.4 Å². The Bertz CT molecular complexity index is 1200. The first-order chi connectivity index (χ1) is 16.2. The highest BCUT2D eigenvalue weighted by molar-refractivity contribution is 5.75. The summed E-state index contributed by atoms with van der Waals surface area (Å²) in [6.45, 7) is 2.73. The third kappa shape index (κ3) is 4.64. The van der Waals surface area contributed by atoms with Crippen LogP contribution in [0.25, 0.3) is 5.69 Å². The summed E-state index contributed by atoms with van der Waals surface area (Å²) >= 11 is 0. The van der Waals surface area contributed by atoms with Gasteiger partial charge in [0.2, 0.25) is 0 Å². The molecular weight excluding hydrogens is 414 g/mol. The number of aromatic nitrogens is 5. The van der Waals surface area contributed by atoms with Crippen LogP contribution in [0.5, 0.6) is 0 Å². The molecule has 0 spiro atoms. The summed E-state index contributed by atoms with van der Waals surface area (Å²) in [5, 5.41) is 15.0. The molecule has 0 fully saturated rings. The van der Waals surface area contributed by atoms with Crippen molar-refractivity contribution in [2.45, 2.75) is 44.8 Å². The molecular formula is C25H27N7O. The molecule has 0 radical (unpaired) electrons. The lowest BCUT2D eigenvalue weighted by Crippen LogP contribution is -2.40. The average Bonchev–Trinajstić information content (AvgIpc) is 3.51. The van der Waals surface area contributed by atoms with Crippen LogP contribution in [-0.2, 0) is 13.0 Å². The van der Waals surface area contributed by atoms with Crippen LogP contribution in [-0.4, -0.2) is 30.6 Å². The third-order valence-electron chi connectivity index (χ3n) is 6.17. The predicted octanol–water partition coefficient (Wildman–Crippen LogP) is 3.95. The number of nitrogens with one attached hydrogen (secondary N) is 2. The first kappa shape index (κ1) is 20.9. The number of hydrogen-bond acceptors (Lipinski definition) is 4. The first-order valence-electron chi connectivity index (χ1n) is 11.3. The molecule has 8 heteroatoms. The smallest absolute Gasteiger partial charge is 0.315 e. The fraction of sp³-hybridized carbons (Fsp3) is 0.280. The van der Waals surface area contributed by atoms with E-state index in [-0.39, 0.29) is 18.1 Å². The van der Waals surface area contributed by atoms with Crippen molar-refractivity contribution < 1.29 is 4.79 Å². The molecule has 2 N–H and O–H groups in total. The number of nitrogens with zero attached hydrogens (tertiary/aromatic N) is 5. The predicted molar refractivity (Wildman–Crippen MR) is 125 cm³/mol. The Morgan fingerprint density at radius 1 is 1.12 bits per heavy atom. The lowest BCUT2D eigenvalue weighted by atomic mass is 9.93. The van der Waals surface area contributed by atoms with Crippen molar-refractivity contribution in [1.29, 1.82) is 0 Å². The Hall–Kier alpha value is -3.94. The van der Waals surface area contributed by atoms with E-state index in [4.69, 9.17) is 0 Å². The van der Waals surface area contributed by atoms with E-state index < -0.39 is 0 Å². The van der Waals surface area contributed by atoms with Crippen molar-refractivity contribution >= 4 is 6.03 Å². The number of benzene rings is 2. The van der Waals surface area contributed by atoms with E-state index in [1.54, 1.807) is 11.0 Å². The van der Waals surface area contributed by atoms with Crippen LogP contribution < -0.4 is 10.6 Å². The van der Waals surface area contributed by atoms with Crippen molar-refractivity contribution in [3.05, 3.63) is 95.8 Å². The Balaban J connectivity index is 1.22. The van der Waals surface area contributed by atoms with E-state index in [0.717, 1.165) is 42.6 Å². The molecule has 168 valence electrons. The van der Waals surface area contributed by atoms with Crippen LogP contribution in [0.3, 0.4) is 0 Å². The summed E-state index contributed by atoms with van der Waals surface area (Å²) in [6, 6.07) is 17.9. The molecule has 4 aromatic rings. The maximum atomic E-state index is 12.8. The van der Waals surface area contributed by atoms with Gasteiger partial charge in [-0.25, -0.2) is 14.5 Å². The third-order valence-corrected chi connectivity index (χ3v) is 6.17. The summed E-state index contributed by atoms with van der Waals surface area (Å²) < 4.78 is 3.77. The van der Waals surface area contributed by atoms with Crippen LogP contribution in [0.1, 0.15) is 54.2 Å². The highest BCUT2D eigenvalue weighted by Gasteiger charge is 2.26. The number of carbonyl (C=O) groups is 1. The lowest BCUT2D eigenvalue weighted by Gasteiger charge is -2.25. The molecule has 5 rings (SSSR count). The second-order valence-corrected chi connectivity index (χ2v) is 8.41. The van der Waals surface area contributed by atoms with Gasteiger partial charge in [0.05, 0.1) is 30.5 Å². The molecule has 2 atom stereocenters. The van der Waals surface area contributed by atoms with Crippen molar-refractivity contribution in [3.8, 4) is 5.69 Å². The van der Waals surface area contributed by atoms with E-state index in [1.807, 2.05) is 55.6 Å². The summed E-state index contributed by atoms with van der Waals surface area (Å²) in [7, 11) is 0. The van der Waals surface area contributed by atoms with Gasteiger partial charge in [0.25, 0.3) is 0 Å². The summed E-state index contributed by atoms with van der Waals surface area (Å²) in [4.78, 5) is 16.8. The Kier molecular flexibility index (Phi) is 5.89. The van der Waals surface area contributed by atoms with Gasteiger partial charge < -0.3 is 10.6 Å². The van der Waals surface area contributed by atoms with E-state index in [9.17, 15) is 4.79 Å². The minimum absolute atomic E-state index is 0.0276. The SMILES string of the molecule is CC(NC(=O)NC1CCCc2c1cnn2Cc1ccccc1)c1ccc(-n2cncn2)cc1. The number of hydrogen-bond donors (Lipinski definition) is 2. The highest BCUT2D eigenvalue weighted by atomic mass is 16.2. The van der Waals surface area contributed by atoms with Crippen molar-refractivity contribution in [3.63, 3.8) is 0 Å². The molecule has 1 aliphatic carbocycles. The topological polar surface area (TPSA) is 89.7 Å². The van der Waals surface area contributed by atoms with Gasteiger partial charge in [0, 0.05) is 11.3 Å². The minimum Gasteiger partial charge on any atom is -0.332 e. The van der Waals surface area contributed by atoms with Crippen LogP contribution >= 0.6 is 0 Å². The van der Waals surface area contributed by atoms with Gasteiger partial charge in [-0.3, -0.25) is 4.68 Å². The Morgan fingerprint density at radius 3 is 2.70 bits per heavy atom. The Morgan fingerprint density at radius 2 is 1.94 bits per heavy atom. The minimum atomic E-state index is -0.170. The molecule has 2 amide bonds. The molecule has 0 saturated carbocycles. The second-order valence-electron chi connectivity index (χ2n) is 8.41. The van der Waals surface area contributed by atoms with E-state index in [2.05, 4.69) is 42.6 Å². The molecule has 0 bridgehead atoms. The zero-order chi connectivity index (χ0) is 22.6. The normalized spacial score (nSPS) is 16.1. The number of amides is 2. The quantitative estimate of drug-likeness (QED) is 0.474. The van der Waals surface area contributed by atoms with E-state index >= 15 is 0 Å². The molecule has 2 unspecified atom stereocenters. The van der Waals surface area contributed by atoms with Crippen molar-refractivity contribution in [2.75, 3.05) is 0 Å². The van der Waals surface area contributed by atoms with Gasteiger partial charge in [-0.2, -0.15) is 10.2 Å². The molecule has 2 aromatic carbocycles. The van der Waals surface area contributed by atoms with Gasteiger partial charge >= 0.3 is 6.03 Å². The molecule has 2 heterocycles. The number of rotatable bonds is 6. The second kappa shape index (κ2) is 9.28. The largest absolute Gasteiger partial charge is 0.332 e. The van der Waals surface area contributed by atoms with Gasteiger partial charge in [0.1, 0.15) is 12.7 Å². The van der Waals surface area contributed by atoms with Crippen molar-refractivity contribution in [2.24, 2.45) is 0 Å². The van der Waals surface area contributed by atoms with Gasteiger partial charge in [-0.1, -0.05) is 42.5 Å². The molecule has 1 aliphatic rings. The zero-order valence-electron chi connectivity index (χ0n) is 18.6. The first-order valence-corrected chi connectivity index (χ1v) is 11.3. The van der Waals surface area contributed by atoms with Crippen molar-refractivity contribution in [1.82, 2.24) is 35.2 Å². The number of fused-ring (bicyclic) bond motifs is 1. The number of urea groups is 1. The molecule has 0 saturated heterocycles. The van der Waals surface area contributed by atoms with Crippen LogP contribution in [0.4, 0.5) is 4.79 Å². The Labute approximate surface area is 192 Å². The fourth-order valence-corrected chi connectivity index (χ4v) is 4.40. The monoisotopic (exact) mass is 441 g/mol. The zero-order valence-corrected chi connectivity index (χ0v) is 18.6. The summed E-state index contributed by atoms with van der Waals surface area (Å²) in [6.07, 6.45) is 8.00. The molecule has 0 aliphatic heterocycles. The van der Waals surface area contributed by atoms with E-state index in [1.165, 1.54) is 17.6 Å². The average molecular weight is 442 g/mol. The standard InChI is InChI=1S/C25H27N7O/c1-18(20-10-12-21(13-11-20)32-17-26-16-28-32)29-25(33)30-23-8-5-9-24-22(23)14-27-31(24)15-19-6-3-2-4-7-19/h2-4,6-7,10-14,16-18,23H,5,8-9,15H2,1H3,(H2,29,30,33). The molecule has 2 aromatic heterocycles. The highest BCUT2D eigenvalue weighted by Crippen LogP contribution is 2.30. The molecule has 33 heavy (non-hydrogen) atoms. The van der Waals surface area contributed by atoms with Crippen LogP contribution in [0, 0.1) is 0 Å². The molecule has 8 nitrogen and oxygen atoms in total. The summed E-state index contributed by atoms with van der Waals surface area (Å²) in [5.41, 5.74) is 5.51. The lowest BCUT2D eigenvalue weighted by molar-refractivity contribution is 0.232. The maximum Gasteiger partial charge on any atom is 0.315 e. The maximum absolute atomic E-state index is 12.8. The van der Waals surface area contributed by atoms with Gasteiger partial charge in [-0.15, -0.1) is 0 Å². The summed E-state index contributed by atoms with van der Waals surface area (Å²) in [5.74, 6) is 0. The van der Waals surface area contributed by atoms with Crippen LogP contribution in [0.2, 0.25) is 0 Å². The van der Waals surface area contributed by atoms with Gasteiger partial charge in [0.15, 0.2) is 0 Å². The fourth-order valence-electron chi connectivity index (χ4n) is 4.40. The van der Waals surface area contributed by atoms with E-state index in [0.29, 0.717) is 0 Å². The van der Waals surface area contributed by atoms with Crippen LogP contribution in [0.15, 0.2) is 73.4 Å².